The normalized spacial score (nSPS) is 20.4. The van der Waals surface area contributed by atoms with Gasteiger partial charge in [0.25, 0.3) is 0 Å². The number of hydrogen-bond acceptors (Lipinski definition) is 12. The molecule has 0 saturated carbocycles. The second-order valence-corrected chi connectivity index (χ2v) is 25.7. The van der Waals surface area contributed by atoms with E-state index < -0.39 is 38.7 Å². The van der Waals surface area contributed by atoms with Gasteiger partial charge in [-0.3, -0.25) is 37.9 Å². The van der Waals surface area contributed by atoms with E-state index >= 15 is 34.8 Å². The smallest absolute Gasteiger partial charge is 0.411 e. The van der Waals surface area contributed by atoms with Crippen molar-refractivity contribution in [2.75, 3.05) is 160 Å². The summed E-state index contributed by atoms with van der Waals surface area (Å²) in [5.41, 5.74) is -4.72. The average Bonchev–Trinajstić information content (AvgIpc) is 0.789. The lowest BCUT2D eigenvalue weighted by Gasteiger charge is -2.42. The molecule has 4 aromatic carbocycles. The van der Waals surface area contributed by atoms with Crippen molar-refractivity contribution in [1.29, 1.82) is 0 Å². The number of halogens is 6. The molecule has 0 aromatic heterocycles. The number of anilines is 4. The summed E-state index contributed by atoms with van der Waals surface area (Å²) >= 11 is 0. The standard InChI is InChI=1S/C61H78F6N12O4S/c1-43-15-19-47(42-49(43)76-35-11-31-72-27-7-23-68(2)55(72)76)84(80,81)54-22-18-46(41-52(54)79-38-14-34-75-30-10-26-71(5)58(75)79)83-53-21-16-44(39-51(53)78-37-13-33-74-29-9-25-70(4)57(74)78)59(60(62,63)64,61(65,66)67)48-20-17-45(82-6)40-50(48)77-36-12-32-73-28-8-24-69(3)56(73)77/h15-22,39-42H,7-14,23-38H2,1-6H3/q+4. The fourth-order valence-corrected chi connectivity index (χ4v) is 16.0. The molecule has 0 N–H and O–H groups in total. The van der Waals surface area contributed by atoms with Crippen LogP contribution in [0.3, 0.4) is 0 Å². The number of nitrogens with zero attached hydrogens (tertiary/aromatic N) is 12. The minimum absolute atomic E-state index is 0.000432. The molecule has 12 rings (SSSR count). The van der Waals surface area contributed by atoms with Crippen LogP contribution in [0.2, 0.25) is 0 Å². The van der Waals surface area contributed by atoms with E-state index in [1.54, 1.807) is 34.1 Å². The van der Waals surface area contributed by atoms with E-state index in [0.717, 1.165) is 126 Å². The van der Waals surface area contributed by atoms with E-state index in [0.29, 0.717) is 76.3 Å². The SMILES string of the molecule is COc1ccc(C(c2ccc(Oc3ccc(S(=O)(=O)c4ccc(C)c(N5CCCN6CCC[N+](C)=C65)c4)c(N4CCCN5CCC[N+](C)=C54)c3)c(N3CCCN4CCC[N+](C)=C43)c2)(C(F)(F)F)C(F)(F)F)c(N2CCCN3CCC[N+](C)=C32)c1. The lowest BCUT2D eigenvalue weighted by molar-refractivity contribution is -0.510. The van der Waals surface area contributed by atoms with Gasteiger partial charge in [-0.2, -0.15) is 26.3 Å². The Bertz CT molecular complexity index is 3480. The van der Waals surface area contributed by atoms with Crippen molar-refractivity contribution in [2.45, 2.75) is 85.8 Å². The third-order valence-corrected chi connectivity index (χ3v) is 20.1. The summed E-state index contributed by atoms with van der Waals surface area (Å²) in [5, 5.41) is 0. The van der Waals surface area contributed by atoms with Crippen molar-refractivity contribution in [3.05, 3.63) is 89.5 Å². The van der Waals surface area contributed by atoms with Crippen molar-refractivity contribution in [2.24, 2.45) is 0 Å². The zero-order valence-electron chi connectivity index (χ0n) is 49.1. The van der Waals surface area contributed by atoms with Gasteiger partial charge < -0.3 is 9.47 Å². The van der Waals surface area contributed by atoms with Crippen LogP contribution in [0.5, 0.6) is 17.2 Å². The molecule has 450 valence electrons. The van der Waals surface area contributed by atoms with E-state index in [2.05, 4.69) is 35.8 Å². The third kappa shape index (κ3) is 9.80. The number of fused-ring (bicyclic) bond motifs is 4. The number of benzene rings is 4. The molecule has 84 heavy (non-hydrogen) atoms. The summed E-state index contributed by atoms with van der Waals surface area (Å²) in [6, 6.07) is 16.6. The molecule has 23 heteroatoms. The number of rotatable bonds is 11. The molecule has 4 fully saturated rings. The summed E-state index contributed by atoms with van der Waals surface area (Å²) in [5.74, 6) is 3.35. The number of alkyl halides is 6. The molecular weight excluding hydrogens is 1110 g/mol. The summed E-state index contributed by atoms with van der Waals surface area (Å²) in [7, 11) is 4.81. The van der Waals surface area contributed by atoms with Crippen molar-refractivity contribution >= 4 is 56.4 Å². The zero-order valence-corrected chi connectivity index (χ0v) is 49.9. The van der Waals surface area contributed by atoms with Gasteiger partial charge in [0.15, 0.2) is 5.75 Å². The highest BCUT2D eigenvalue weighted by atomic mass is 32.2. The van der Waals surface area contributed by atoms with Crippen LogP contribution in [0.25, 0.3) is 0 Å². The number of hydrogen-bond donors (Lipinski definition) is 0. The largest absolute Gasteiger partial charge is 0.497 e. The Morgan fingerprint density at radius 2 is 0.881 bits per heavy atom. The first-order valence-electron chi connectivity index (χ1n) is 29.8. The van der Waals surface area contributed by atoms with E-state index in [4.69, 9.17) is 9.47 Å². The molecule has 0 atom stereocenters. The summed E-state index contributed by atoms with van der Waals surface area (Å²) in [6.07, 6.45) is -5.62. The number of guanidine groups is 4. The van der Waals surface area contributed by atoms with Crippen LogP contribution in [0.4, 0.5) is 49.1 Å². The monoisotopic (exact) mass is 1190 g/mol. The molecule has 0 radical (unpaired) electrons. The maximum Gasteiger partial charge on any atom is 0.411 e. The quantitative estimate of drug-likeness (QED) is 0.109. The predicted molar refractivity (Wildman–Crippen MR) is 312 cm³/mol. The molecular formula is C61H78F6N12O4S+4. The minimum atomic E-state index is -5.94. The summed E-state index contributed by atoms with van der Waals surface area (Å²) < 4.78 is 153. The van der Waals surface area contributed by atoms with Gasteiger partial charge in [-0.15, -0.1) is 0 Å². The maximum atomic E-state index is 16.8. The lowest BCUT2D eigenvalue weighted by Crippen LogP contribution is -2.59. The topological polar surface area (TPSA) is 90.6 Å². The molecule has 16 nitrogen and oxygen atoms in total. The Balaban J connectivity index is 1.03. The van der Waals surface area contributed by atoms with Gasteiger partial charge in [-0.1, -0.05) is 18.2 Å². The highest BCUT2D eigenvalue weighted by molar-refractivity contribution is 7.91. The summed E-state index contributed by atoms with van der Waals surface area (Å²) in [6.45, 7) is 12.4. The molecule has 0 unspecified atom stereocenters. The molecule has 0 bridgehead atoms. The van der Waals surface area contributed by atoms with Crippen LogP contribution in [0, 0.1) is 6.92 Å². The van der Waals surface area contributed by atoms with Crippen LogP contribution >= 0.6 is 0 Å². The summed E-state index contributed by atoms with van der Waals surface area (Å²) in [4.78, 5) is 16.6. The van der Waals surface area contributed by atoms with Gasteiger partial charge in [0.2, 0.25) is 15.3 Å². The van der Waals surface area contributed by atoms with Crippen molar-refractivity contribution < 1.29 is 62.5 Å². The maximum absolute atomic E-state index is 16.8. The molecule has 8 aliphatic heterocycles. The Kier molecular flexibility index (Phi) is 15.2. The van der Waals surface area contributed by atoms with Gasteiger partial charge >= 0.3 is 36.2 Å². The second-order valence-electron chi connectivity index (χ2n) is 23.8. The van der Waals surface area contributed by atoms with Gasteiger partial charge in [0.05, 0.1) is 145 Å². The Morgan fingerprint density at radius 3 is 1.36 bits per heavy atom. The lowest BCUT2D eigenvalue weighted by atomic mass is 9.71. The van der Waals surface area contributed by atoms with E-state index in [1.807, 2.05) is 53.1 Å². The molecule has 8 heterocycles. The number of methoxy groups -OCH3 is 1. The fourth-order valence-electron chi connectivity index (χ4n) is 14.6. The first-order valence-corrected chi connectivity index (χ1v) is 31.3. The minimum Gasteiger partial charge on any atom is -0.497 e. The van der Waals surface area contributed by atoms with Crippen molar-refractivity contribution in [3.63, 3.8) is 0 Å². The van der Waals surface area contributed by atoms with E-state index in [9.17, 15) is 0 Å². The van der Waals surface area contributed by atoms with Crippen molar-refractivity contribution in [1.82, 2.24) is 19.6 Å². The van der Waals surface area contributed by atoms with Crippen LogP contribution < -0.4 is 29.1 Å². The van der Waals surface area contributed by atoms with Gasteiger partial charge in [0, 0.05) is 69.1 Å². The van der Waals surface area contributed by atoms with E-state index in [-0.39, 0.29) is 51.5 Å². The average molecular weight is 1190 g/mol. The highest BCUT2D eigenvalue weighted by Crippen LogP contribution is 2.60. The Hall–Kier alpha value is -6.91. The Labute approximate surface area is 488 Å². The molecule has 8 aliphatic rings. The van der Waals surface area contributed by atoms with E-state index in [1.165, 1.54) is 31.4 Å². The highest BCUT2D eigenvalue weighted by Gasteiger charge is 2.74. The van der Waals surface area contributed by atoms with Crippen LogP contribution in [0.15, 0.2) is 82.6 Å². The first kappa shape index (κ1) is 57.5. The zero-order chi connectivity index (χ0) is 59.0. The molecule has 0 amide bonds. The number of aryl methyl sites for hydroxylation is 1. The fraction of sp³-hybridized carbons (Fsp3) is 0.541. The predicted octanol–water partition coefficient (Wildman–Crippen LogP) is 7.70. The third-order valence-electron chi connectivity index (χ3n) is 18.3. The van der Waals surface area contributed by atoms with Gasteiger partial charge in [-0.25, -0.2) is 28.0 Å². The van der Waals surface area contributed by atoms with Crippen molar-refractivity contribution in [3.8, 4) is 17.2 Å². The number of sulfone groups is 1. The molecule has 4 saturated heterocycles. The van der Waals surface area contributed by atoms with Crippen LogP contribution in [-0.4, -0.2) is 223 Å². The Morgan fingerprint density at radius 1 is 0.452 bits per heavy atom. The number of ether oxygens (including phenoxy) is 2. The van der Waals surface area contributed by atoms with Crippen LogP contribution in [-0.2, 0) is 15.3 Å². The van der Waals surface area contributed by atoms with Crippen LogP contribution in [0.1, 0.15) is 68.1 Å². The van der Waals surface area contributed by atoms with Gasteiger partial charge in [-0.05, 0) is 60.5 Å². The first-order chi connectivity index (χ1) is 40.2. The molecule has 0 aliphatic carbocycles. The second kappa shape index (κ2) is 22.2. The molecule has 4 aromatic rings. The van der Waals surface area contributed by atoms with Gasteiger partial charge in [0.1, 0.15) is 39.1 Å². The molecule has 0 spiro atoms.